The molecule has 4 aromatic rings. The van der Waals surface area contributed by atoms with Gasteiger partial charge in [0.1, 0.15) is 0 Å². The Labute approximate surface area is 205 Å². The standard InChI is InChI=1S/C27H33N7O/c1-4-5-6-23-17-34(25-14-18(2)13-19(25)3)27(35)33(23)16-22-15-28-12-11-24(22)20-7-9-21(10-8-20)26-29-31-32-30-26/h7-12,15,17-19,25H,4-6,13-14,16H2,1-3H3,(H,29,30,31,32). The van der Waals surface area contributed by atoms with Crippen molar-refractivity contribution in [2.75, 3.05) is 0 Å². The number of aromatic nitrogens is 7. The Bertz CT molecular complexity index is 1320. The zero-order valence-electron chi connectivity index (χ0n) is 20.7. The van der Waals surface area contributed by atoms with E-state index in [9.17, 15) is 4.79 Å². The first-order chi connectivity index (χ1) is 17.0. The maximum Gasteiger partial charge on any atom is 0.328 e. The number of aromatic amines is 1. The van der Waals surface area contributed by atoms with Gasteiger partial charge in [-0.2, -0.15) is 5.21 Å². The predicted molar refractivity (Wildman–Crippen MR) is 136 cm³/mol. The molecule has 0 radical (unpaired) electrons. The second-order valence-electron chi connectivity index (χ2n) is 9.97. The Hall–Kier alpha value is -3.55. The van der Waals surface area contributed by atoms with Gasteiger partial charge < -0.3 is 0 Å². The van der Waals surface area contributed by atoms with Crippen molar-refractivity contribution in [2.24, 2.45) is 11.8 Å². The third-order valence-electron chi connectivity index (χ3n) is 7.34. The smallest absolute Gasteiger partial charge is 0.296 e. The molecule has 3 aromatic heterocycles. The van der Waals surface area contributed by atoms with Crippen LogP contribution in [0.15, 0.2) is 53.7 Å². The number of nitrogens with zero attached hydrogens (tertiary/aromatic N) is 6. The summed E-state index contributed by atoms with van der Waals surface area (Å²) < 4.78 is 3.99. The Morgan fingerprint density at radius 1 is 1.09 bits per heavy atom. The van der Waals surface area contributed by atoms with Crippen molar-refractivity contribution < 1.29 is 0 Å². The molecule has 3 unspecified atom stereocenters. The van der Waals surface area contributed by atoms with Crippen molar-refractivity contribution in [3.05, 3.63) is 70.7 Å². The third-order valence-corrected chi connectivity index (χ3v) is 7.34. The number of imidazole rings is 1. The molecule has 8 heteroatoms. The highest BCUT2D eigenvalue weighted by Gasteiger charge is 2.32. The lowest BCUT2D eigenvalue weighted by Crippen LogP contribution is -2.29. The zero-order valence-corrected chi connectivity index (χ0v) is 20.7. The van der Waals surface area contributed by atoms with Gasteiger partial charge in [-0.15, -0.1) is 10.2 Å². The van der Waals surface area contributed by atoms with Crippen LogP contribution in [-0.2, 0) is 13.0 Å². The van der Waals surface area contributed by atoms with Crippen LogP contribution in [0.2, 0.25) is 0 Å². The highest BCUT2D eigenvalue weighted by molar-refractivity contribution is 5.69. The van der Waals surface area contributed by atoms with E-state index < -0.39 is 0 Å². The van der Waals surface area contributed by atoms with Crippen LogP contribution in [0.4, 0.5) is 0 Å². The van der Waals surface area contributed by atoms with E-state index >= 15 is 0 Å². The molecule has 0 aliphatic heterocycles. The van der Waals surface area contributed by atoms with Crippen LogP contribution < -0.4 is 5.69 Å². The molecule has 1 aliphatic carbocycles. The molecule has 3 heterocycles. The first kappa shape index (κ1) is 23.2. The van der Waals surface area contributed by atoms with Gasteiger partial charge >= 0.3 is 5.69 Å². The Kier molecular flexibility index (Phi) is 6.61. The monoisotopic (exact) mass is 471 g/mol. The molecule has 3 atom stereocenters. The summed E-state index contributed by atoms with van der Waals surface area (Å²) >= 11 is 0. The fourth-order valence-corrected chi connectivity index (χ4v) is 5.52. The van der Waals surface area contributed by atoms with E-state index in [1.54, 1.807) is 6.20 Å². The van der Waals surface area contributed by atoms with Crippen LogP contribution in [-0.4, -0.2) is 34.7 Å². The summed E-state index contributed by atoms with van der Waals surface area (Å²) in [6.45, 7) is 7.28. The van der Waals surface area contributed by atoms with Crippen molar-refractivity contribution >= 4 is 0 Å². The number of nitrogens with one attached hydrogen (secondary N) is 1. The molecule has 5 rings (SSSR count). The fraction of sp³-hybridized carbons (Fsp3) is 0.444. The molecule has 1 saturated carbocycles. The second-order valence-corrected chi connectivity index (χ2v) is 9.97. The van der Waals surface area contributed by atoms with Gasteiger partial charge in [-0.05, 0) is 65.5 Å². The molecule has 8 nitrogen and oxygen atoms in total. The van der Waals surface area contributed by atoms with Gasteiger partial charge in [-0.1, -0.05) is 51.5 Å². The minimum Gasteiger partial charge on any atom is -0.296 e. The molecule has 182 valence electrons. The largest absolute Gasteiger partial charge is 0.328 e. The van der Waals surface area contributed by atoms with Gasteiger partial charge in [0.05, 0.1) is 6.54 Å². The van der Waals surface area contributed by atoms with Gasteiger partial charge in [-0.25, -0.2) is 4.79 Å². The Morgan fingerprint density at radius 2 is 1.89 bits per heavy atom. The highest BCUT2D eigenvalue weighted by Crippen LogP contribution is 2.38. The molecule has 0 bridgehead atoms. The molecule has 1 aliphatic rings. The molecule has 35 heavy (non-hydrogen) atoms. The Balaban J connectivity index is 1.49. The number of tetrazole rings is 1. The number of benzene rings is 1. The highest BCUT2D eigenvalue weighted by atomic mass is 16.1. The predicted octanol–water partition coefficient (Wildman–Crippen LogP) is 4.89. The first-order valence-corrected chi connectivity index (χ1v) is 12.6. The number of pyridine rings is 1. The molecule has 0 amide bonds. The van der Waals surface area contributed by atoms with Crippen molar-refractivity contribution in [3.8, 4) is 22.5 Å². The van der Waals surface area contributed by atoms with E-state index in [0.717, 1.165) is 53.6 Å². The lowest BCUT2D eigenvalue weighted by Gasteiger charge is -2.16. The maximum atomic E-state index is 13.7. The average molecular weight is 472 g/mol. The molecule has 1 aromatic carbocycles. The van der Waals surface area contributed by atoms with E-state index in [0.29, 0.717) is 24.2 Å². The fourth-order valence-electron chi connectivity index (χ4n) is 5.52. The molecular weight excluding hydrogens is 438 g/mol. The van der Waals surface area contributed by atoms with Gasteiger partial charge in [0, 0.05) is 35.9 Å². The number of hydrogen-bond donors (Lipinski definition) is 1. The van der Waals surface area contributed by atoms with Crippen LogP contribution in [0.5, 0.6) is 0 Å². The average Bonchev–Trinajstić information content (AvgIpc) is 3.59. The maximum absolute atomic E-state index is 13.7. The number of aryl methyl sites for hydroxylation is 1. The molecular formula is C27H33N7O. The van der Waals surface area contributed by atoms with Gasteiger partial charge in [0.2, 0.25) is 5.82 Å². The summed E-state index contributed by atoms with van der Waals surface area (Å²) in [7, 11) is 0. The first-order valence-electron chi connectivity index (χ1n) is 12.6. The topological polar surface area (TPSA) is 94.3 Å². The van der Waals surface area contributed by atoms with Crippen molar-refractivity contribution in [3.63, 3.8) is 0 Å². The quantitative estimate of drug-likeness (QED) is 0.395. The minimum atomic E-state index is 0.101. The van der Waals surface area contributed by atoms with Crippen LogP contribution in [0.3, 0.4) is 0 Å². The normalized spacial score (nSPS) is 19.9. The number of rotatable bonds is 8. The summed E-state index contributed by atoms with van der Waals surface area (Å²) in [4.78, 5) is 18.1. The number of hydrogen-bond acceptors (Lipinski definition) is 5. The van der Waals surface area contributed by atoms with Crippen molar-refractivity contribution in [1.82, 2.24) is 34.7 Å². The summed E-state index contributed by atoms with van der Waals surface area (Å²) in [5.41, 5.74) is 5.28. The van der Waals surface area contributed by atoms with Gasteiger partial charge in [-0.3, -0.25) is 14.1 Å². The van der Waals surface area contributed by atoms with Gasteiger partial charge in [0.25, 0.3) is 0 Å². The second kappa shape index (κ2) is 9.98. The molecule has 0 saturated heterocycles. The van der Waals surface area contributed by atoms with E-state index in [4.69, 9.17) is 0 Å². The summed E-state index contributed by atoms with van der Waals surface area (Å²) in [5.74, 6) is 1.74. The summed E-state index contributed by atoms with van der Waals surface area (Å²) in [5, 5.41) is 14.2. The molecule has 1 N–H and O–H groups in total. The van der Waals surface area contributed by atoms with Gasteiger partial charge in [0.15, 0.2) is 0 Å². The number of unbranched alkanes of at least 4 members (excludes halogenated alkanes) is 1. The Morgan fingerprint density at radius 3 is 2.57 bits per heavy atom. The van der Waals surface area contributed by atoms with E-state index in [-0.39, 0.29) is 11.7 Å². The zero-order chi connectivity index (χ0) is 24.4. The van der Waals surface area contributed by atoms with Crippen molar-refractivity contribution in [1.29, 1.82) is 0 Å². The third kappa shape index (κ3) is 4.70. The van der Waals surface area contributed by atoms with Crippen LogP contribution in [0.1, 0.15) is 63.8 Å². The molecule has 0 spiro atoms. The van der Waals surface area contributed by atoms with E-state index in [1.165, 1.54) is 6.42 Å². The van der Waals surface area contributed by atoms with E-state index in [1.807, 2.05) is 33.5 Å². The SMILES string of the molecule is CCCCc1cn(C2CC(C)CC2C)c(=O)n1Cc1cnccc1-c1ccc(-c2nn[nH]n2)cc1. The summed E-state index contributed by atoms with van der Waals surface area (Å²) in [6.07, 6.45) is 11.1. The van der Waals surface area contributed by atoms with Crippen LogP contribution in [0.25, 0.3) is 22.5 Å². The van der Waals surface area contributed by atoms with E-state index in [2.05, 4.69) is 64.7 Å². The number of H-pyrrole nitrogens is 1. The van der Waals surface area contributed by atoms with Crippen molar-refractivity contribution in [2.45, 2.75) is 65.5 Å². The van der Waals surface area contributed by atoms with Crippen LogP contribution >= 0.6 is 0 Å². The minimum absolute atomic E-state index is 0.101. The lowest BCUT2D eigenvalue weighted by atomic mass is 10.00. The summed E-state index contributed by atoms with van der Waals surface area (Å²) in [6, 6.07) is 10.4. The molecule has 1 fully saturated rings. The van der Waals surface area contributed by atoms with Crippen LogP contribution in [0, 0.1) is 11.8 Å². The lowest BCUT2D eigenvalue weighted by molar-refractivity contribution is 0.393.